The molecule has 1 fully saturated rings. The average molecular weight is 253 g/mol. The number of aliphatic carboxylic acids is 1. The molecule has 0 radical (unpaired) electrons. The molecule has 6 N–H and O–H groups in total. The Morgan fingerprint density at radius 2 is 2.06 bits per heavy atom. The van der Waals surface area contributed by atoms with Crippen LogP contribution in [0, 0.1) is 0 Å². The molecule has 8 heteroatoms. The number of nitrogens with one attached hydrogen (secondary N) is 1. The van der Waals surface area contributed by atoms with Gasteiger partial charge in [0.15, 0.2) is 0 Å². The summed E-state index contributed by atoms with van der Waals surface area (Å²) in [7, 11) is 0. The third-order valence-corrected chi connectivity index (χ3v) is 3.65. The molecule has 0 aromatic rings. The highest BCUT2D eigenvalue weighted by Crippen LogP contribution is 2.24. The summed E-state index contributed by atoms with van der Waals surface area (Å²) in [5, 5.41) is 47.4. The number of hydrogen-bond acceptors (Lipinski definition) is 7. The molecule has 5 atom stereocenters. The van der Waals surface area contributed by atoms with Gasteiger partial charge in [-0.15, -0.1) is 11.8 Å². The Morgan fingerprint density at radius 1 is 1.44 bits per heavy atom. The van der Waals surface area contributed by atoms with Gasteiger partial charge in [0.2, 0.25) is 0 Å². The van der Waals surface area contributed by atoms with Gasteiger partial charge in [-0.3, -0.25) is 10.1 Å². The molecule has 1 rings (SSSR count). The van der Waals surface area contributed by atoms with Crippen molar-refractivity contribution in [1.29, 1.82) is 0 Å². The van der Waals surface area contributed by atoms with Gasteiger partial charge in [-0.2, -0.15) is 0 Å². The van der Waals surface area contributed by atoms with Crippen LogP contribution in [0.4, 0.5) is 0 Å². The predicted molar refractivity (Wildman–Crippen MR) is 55.9 cm³/mol. The highest BCUT2D eigenvalue weighted by Gasteiger charge is 2.38. The molecule has 0 unspecified atom stereocenters. The number of carbonyl (C=O) groups is 1. The van der Waals surface area contributed by atoms with Crippen LogP contribution in [0.5, 0.6) is 0 Å². The van der Waals surface area contributed by atoms with E-state index in [0.29, 0.717) is 0 Å². The van der Waals surface area contributed by atoms with E-state index in [1.165, 1.54) is 0 Å². The first-order valence-electron chi connectivity index (χ1n) is 4.73. The third kappa shape index (κ3) is 3.06. The Labute approximate surface area is 96.1 Å². The number of aliphatic hydroxyl groups excluding tert-OH is 4. The van der Waals surface area contributed by atoms with Crippen LogP contribution >= 0.6 is 11.8 Å². The van der Waals surface area contributed by atoms with Gasteiger partial charge in [-0.1, -0.05) is 0 Å². The van der Waals surface area contributed by atoms with E-state index >= 15 is 0 Å². The van der Waals surface area contributed by atoms with Crippen LogP contribution in [0.1, 0.15) is 0 Å². The zero-order chi connectivity index (χ0) is 12.3. The normalized spacial score (nSPS) is 31.0. The van der Waals surface area contributed by atoms with E-state index in [1.54, 1.807) is 0 Å². The summed E-state index contributed by atoms with van der Waals surface area (Å²) in [6.07, 6.45) is -4.29. The minimum absolute atomic E-state index is 0.277. The van der Waals surface area contributed by atoms with Crippen LogP contribution < -0.4 is 5.32 Å². The molecule has 7 nitrogen and oxygen atoms in total. The summed E-state index contributed by atoms with van der Waals surface area (Å²) in [5.74, 6) is -0.752. The van der Waals surface area contributed by atoms with Crippen molar-refractivity contribution in [2.24, 2.45) is 0 Å². The van der Waals surface area contributed by atoms with Gasteiger partial charge >= 0.3 is 5.97 Å². The highest BCUT2D eigenvalue weighted by atomic mass is 32.2. The van der Waals surface area contributed by atoms with Gasteiger partial charge in [-0.05, 0) is 0 Å². The molecule has 0 bridgehead atoms. The second-order valence-corrected chi connectivity index (χ2v) is 4.72. The highest BCUT2D eigenvalue weighted by molar-refractivity contribution is 8.00. The number of carboxylic acid groups (broad SMARTS) is 1. The van der Waals surface area contributed by atoms with Crippen molar-refractivity contribution in [3.63, 3.8) is 0 Å². The quantitative estimate of drug-likeness (QED) is 0.309. The minimum atomic E-state index is -1.51. The summed E-state index contributed by atoms with van der Waals surface area (Å²) in [4.78, 5) is 10.6. The van der Waals surface area contributed by atoms with Crippen molar-refractivity contribution in [2.75, 3.05) is 12.4 Å². The molecule has 0 aromatic heterocycles. The first kappa shape index (κ1) is 13.7. The lowest BCUT2D eigenvalue weighted by Gasteiger charge is -2.25. The number of hydrogen-bond donors (Lipinski definition) is 6. The van der Waals surface area contributed by atoms with E-state index in [0.717, 1.165) is 11.8 Å². The molecule has 0 aliphatic carbocycles. The SMILES string of the molecule is O=C(O)[C@@H]1CS[C@@H]([C@H](O)[C@@H](O)[C@H](O)CO)N1. The van der Waals surface area contributed by atoms with E-state index in [4.69, 9.17) is 15.3 Å². The summed E-state index contributed by atoms with van der Waals surface area (Å²) < 4.78 is 0. The molecule has 0 aromatic carbocycles. The van der Waals surface area contributed by atoms with E-state index in [-0.39, 0.29) is 5.75 Å². The molecule has 16 heavy (non-hydrogen) atoms. The third-order valence-electron chi connectivity index (χ3n) is 2.35. The van der Waals surface area contributed by atoms with Crippen molar-refractivity contribution >= 4 is 17.7 Å². The molecule has 94 valence electrons. The second kappa shape index (κ2) is 5.80. The smallest absolute Gasteiger partial charge is 0.321 e. The minimum Gasteiger partial charge on any atom is -0.480 e. The van der Waals surface area contributed by atoms with Crippen molar-refractivity contribution in [3.8, 4) is 0 Å². The zero-order valence-electron chi connectivity index (χ0n) is 8.35. The number of rotatable bonds is 5. The second-order valence-electron chi connectivity index (χ2n) is 3.54. The van der Waals surface area contributed by atoms with Gasteiger partial charge in [0.25, 0.3) is 0 Å². The maximum Gasteiger partial charge on any atom is 0.321 e. The van der Waals surface area contributed by atoms with Gasteiger partial charge in [0, 0.05) is 5.75 Å². The summed E-state index contributed by atoms with van der Waals surface area (Å²) in [6.45, 7) is -0.669. The Morgan fingerprint density at radius 3 is 2.50 bits per heavy atom. The van der Waals surface area contributed by atoms with E-state index in [2.05, 4.69) is 5.32 Å². The molecule has 0 spiro atoms. The topological polar surface area (TPSA) is 130 Å². The Bertz CT molecular complexity index is 253. The Balaban J connectivity index is 2.50. The van der Waals surface area contributed by atoms with Crippen LogP contribution in [0.3, 0.4) is 0 Å². The maximum atomic E-state index is 10.6. The predicted octanol–water partition coefficient (Wildman–Crippen LogP) is -2.82. The lowest BCUT2D eigenvalue weighted by molar-refractivity contribution is -0.139. The van der Waals surface area contributed by atoms with Crippen molar-refractivity contribution in [3.05, 3.63) is 0 Å². The van der Waals surface area contributed by atoms with Crippen LogP contribution in [-0.4, -0.2) is 73.6 Å². The van der Waals surface area contributed by atoms with E-state index < -0.39 is 42.3 Å². The zero-order valence-corrected chi connectivity index (χ0v) is 9.17. The molecular weight excluding hydrogens is 238 g/mol. The van der Waals surface area contributed by atoms with Crippen LogP contribution in [0.2, 0.25) is 0 Å². The number of aliphatic hydroxyl groups is 4. The molecule has 0 amide bonds. The fourth-order valence-electron chi connectivity index (χ4n) is 1.35. The van der Waals surface area contributed by atoms with Crippen LogP contribution in [0.25, 0.3) is 0 Å². The molecule has 1 heterocycles. The maximum absolute atomic E-state index is 10.6. The lowest BCUT2D eigenvalue weighted by Crippen LogP contribution is -2.50. The standard InChI is InChI=1S/C8H15NO6S/c10-1-4(11)5(12)6(13)7-9-3(2-16-7)8(14)15/h3-7,9-13H,1-2H2,(H,14,15)/t3-,4+,5-,6+,7-/m0/s1. The van der Waals surface area contributed by atoms with Crippen LogP contribution in [-0.2, 0) is 4.79 Å². The number of thioether (sulfide) groups is 1. The molecule has 1 aliphatic rings. The summed E-state index contributed by atoms with van der Waals surface area (Å²) in [5.41, 5.74) is 0. The molecule has 0 saturated carbocycles. The first-order valence-corrected chi connectivity index (χ1v) is 5.77. The van der Waals surface area contributed by atoms with Crippen molar-refractivity contribution in [2.45, 2.75) is 29.7 Å². The van der Waals surface area contributed by atoms with Gasteiger partial charge < -0.3 is 25.5 Å². The number of carboxylic acids is 1. The largest absolute Gasteiger partial charge is 0.480 e. The summed E-state index contributed by atoms with van der Waals surface area (Å²) in [6, 6.07) is -0.775. The van der Waals surface area contributed by atoms with Gasteiger partial charge in [-0.25, -0.2) is 0 Å². The van der Waals surface area contributed by atoms with Crippen molar-refractivity contribution in [1.82, 2.24) is 5.32 Å². The monoisotopic (exact) mass is 253 g/mol. The van der Waals surface area contributed by atoms with Gasteiger partial charge in [0.05, 0.1) is 12.0 Å². The lowest BCUT2D eigenvalue weighted by atomic mass is 10.1. The van der Waals surface area contributed by atoms with Gasteiger partial charge in [0.1, 0.15) is 24.4 Å². The van der Waals surface area contributed by atoms with Crippen LogP contribution in [0.15, 0.2) is 0 Å². The molecule has 1 aliphatic heterocycles. The Hall–Kier alpha value is -0.380. The van der Waals surface area contributed by atoms with E-state index in [1.807, 2.05) is 0 Å². The first-order chi connectivity index (χ1) is 7.47. The summed E-state index contributed by atoms with van der Waals surface area (Å²) >= 11 is 1.15. The molecule has 1 saturated heterocycles. The van der Waals surface area contributed by atoms with Crippen molar-refractivity contribution < 1.29 is 30.3 Å². The Kier molecular flexibility index (Phi) is 4.96. The van der Waals surface area contributed by atoms with E-state index in [9.17, 15) is 15.0 Å². The average Bonchev–Trinajstić information content (AvgIpc) is 2.75. The molecular formula is C8H15NO6S. The fourth-order valence-corrected chi connectivity index (χ4v) is 2.61. The fraction of sp³-hybridized carbons (Fsp3) is 0.875.